The highest BCUT2D eigenvalue weighted by Crippen LogP contribution is 2.21. The third kappa shape index (κ3) is 4.38. The molecule has 3 rings (SSSR count). The number of aromatic nitrogens is 4. The van der Waals surface area contributed by atoms with Crippen molar-refractivity contribution in [1.82, 2.24) is 25.9 Å². The maximum absolute atomic E-state index is 12.2. The Hall–Kier alpha value is -2.28. The number of carbonyl (C=O) groups excluding carboxylic acids is 1. The highest BCUT2D eigenvalue weighted by Gasteiger charge is 2.20. The molecule has 1 heterocycles. The lowest BCUT2D eigenvalue weighted by molar-refractivity contribution is -0.136. The molecule has 128 valence electrons. The molecule has 1 amide bonds. The van der Waals surface area contributed by atoms with E-state index in [1.54, 1.807) is 0 Å². The molecule has 0 aliphatic heterocycles. The molecule has 1 fully saturated rings. The van der Waals surface area contributed by atoms with Gasteiger partial charge in [0.05, 0.1) is 6.10 Å². The molecule has 1 aromatic heterocycles. The van der Waals surface area contributed by atoms with E-state index in [9.17, 15) is 4.79 Å². The Morgan fingerprint density at radius 2 is 2.04 bits per heavy atom. The van der Waals surface area contributed by atoms with Crippen molar-refractivity contribution >= 4 is 5.91 Å². The lowest BCUT2D eigenvalue weighted by Crippen LogP contribution is -2.37. The molecule has 0 saturated heterocycles. The van der Waals surface area contributed by atoms with Crippen LogP contribution in [0.3, 0.4) is 0 Å². The fourth-order valence-electron chi connectivity index (χ4n) is 2.94. The Balaban J connectivity index is 1.46. The zero-order valence-corrected chi connectivity index (χ0v) is 13.9. The Bertz CT molecular complexity index is 636. The molecule has 24 heavy (non-hydrogen) atoms. The van der Waals surface area contributed by atoms with Gasteiger partial charge in [0, 0.05) is 12.1 Å². The van der Waals surface area contributed by atoms with E-state index in [1.807, 2.05) is 31.2 Å². The van der Waals surface area contributed by atoms with E-state index in [0.717, 1.165) is 24.0 Å². The number of carbonyl (C=O) groups is 1. The Labute approximate surface area is 141 Å². The third-order valence-corrected chi connectivity index (χ3v) is 4.34. The van der Waals surface area contributed by atoms with Gasteiger partial charge in [0.25, 0.3) is 0 Å². The summed E-state index contributed by atoms with van der Waals surface area (Å²) in [5.74, 6) is 0.489. The highest BCUT2D eigenvalue weighted by atomic mass is 16.5. The van der Waals surface area contributed by atoms with Crippen molar-refractivity contribution < 1.29 is 9.53 Å². The average molecular weight is 329 g/mol. The number of nitrogens with zero attached hydrogens (tertiary/aromatic N) is 3. The largest absolute Gasteiger partial charge is 0.365 e. The topological polar surface area (TPSA) is 92.8 Å². The minimum Gasteiger partial charge on any atom is -0.365 e. The van der Waals surface area contributed by atoms with E-state index in [2.05, 4.69) is 25.9 Å². The van der Waals surface area contributed by atoms with Gasteiger partial charge in [-0.1, -0.05) is 43.5 Å². The van der Waals surface area contributed by atoms with E-state index in [4.69, 9.17) is 4.74 Å². The van der Waals surface area contributed by atoms with Gasteiger partial charge < -0.3 is 10.1 Å². The van der Waals surface area contributed by atoms with Crippen LogP contribution < -0.4 is 5.32 Å². The predicted molar refractivity (Wildman–Crippen MR) is 88.9 cm³/mol. The summed E-state index contributed by atoms with van der Waals surface area (Å²) in [6, 6.07) is 7.71. The van der Waals surface area contributed by atoms with Crippen molar-refractivity contribution in [2.75, 3.05) is 0 Å². The van der Waals surface area contributed by atoms with Crippen LogP contribution >= 0.6 is 0 Å². The predicted octanol–water partition coefficient (Wildman–Crippen LogP) is 2.22. The number of ether oxygens (including phenoxy) is 1. The highest BCUT2D eigenvalue weighted by molar-refractivity contribution is 5.80. The lowest BCUT2D eigenvalue weighted by Gasteiger charge is -2.25. The van der Waals surface area contributed by atoms with Gasteiger partial charge >= 0.3 is 0 Å². The first kappa shape index (κ1) is 16.6. The van der Waals surface area contributed by atoms with Crippen molar-refractivity contribution in [3.8, 4) is 11.4 Å². The van der Waals surface area contributed by atoms with Gasteiger partial charge in [0.1, 0.15) is 6.10 Å². The zero-order chi connectivity index (χ0) is 16.8. The number of rotatable bonds is 6. The summed E-state index contributed by atoms with van der Waals surface area (Å²) in [4.78, 5) is 12.2. The van der Waals surface area contributed by atoms with Gasteiger partial charge in [0.2, 0.25) is 11.7 Å². The van der Waals surface area contributed by atoms with Gasteiger partial charge in [0.15, 0.2) is 0 Å². The summed E-state index contributed by atoms with van der Waals surface area (Å²) in [6.07, 6.45) is 5.63. The molecular formula is C17H23N5O2. The van der Waals surface area contributed by atoms with Crippen LogP contribution in [0.25, 0.3) is 11.4 Å². The molecule has 1 atom stereocenters. The van der Waals surface area contributed by atoms with Crippen LogP contribution in [0.2, 0.25) is 0 Å². The van der Waals surface area contributed by atoms with Gasteiger partial charge in [-0.15, -0.1) is 10.2 Å². The van der Waals surface area contributed by atoms with Gasteiger partial charge in [-0.05, 0) is 30.5 Å². The number of tetrazole rings is 1. The average Bonchev–Trinajstić information content (AvgIpc) is 3.15. The summed E-state index contributed by atoms with van der Waals surface area (Å²) >= 11 is 0. The summed E-state index contributed by atoms with van der Waals surface area (Å²) in [6.45, 7) is 2.30. The van der Waals surface area contributed by atoms with E-state index in [0.29, 0.717) is 12.4 Å². The number of hydrogen-bond donors (Lipinski definition) is 2. The minimum absolute atomic E-state index is 0.0668. The van der Waals surface area contributed by atoms with Gasteiger partial charge in [-0.3, -0.25) is 4.79 Å². The maximum Gasteiger partial charge on any atom is 0.249 e. The number of aromatic amines is 1. The fourth-order valence-corrected chi connectivity index (χ4v) is 2.94. The summed E-state index contributed by atoms with van der Waals surface area (Å²) in [5.41, 5.74) is 1.90. The Kier molecular flexibility index (Phi) is 5.53. The molecule has 7 heteroatoms. The number of amides is 1. The first-order valence-electron chi connectivity index (χ1n) is 8.48. The normalized spacial score (nSPS) is 16.7. The van der Waals surface area contributed by atoms with Crippen molar-refractivity contribution in [3.63, 3.8) is 0 Å². The molecule has 7 nitrogen and oxygen atoms in total. The summed E-state index contributed by atoms with van der Waals surface area (Å²) in [5, 5.41) is 16.8. The Morgan fingerprint density at radius 1 is 1.29 bits per heavy atom. The van der Waals surface area contributed by atoms with Crippen LogP contribution in [-0.2, 0) is 16.1 Å². The van der Waals surface area contributed by atoms with Gasteiger partial charge in [-0.2, -0.15) is 5.21 Å². The van der Waals surface area contributed by atoms with Gasteiger partial charge in [-0.25, -0.2) is 0 Å². The lowest BCUT2D eigenvalue weighted by atomic mass is 9.97. The molecule has 0 spiro atoms. The van der Waals surface area contributed by atoms with Crippen LogP contribution in [0.15, 0.2) is 24.3 Å². The maximum atomic E-state index is 12.2. The van der Waals surface area contributed by atoms with Crippen molar-refractivity contribution in [1.29, 1.82) is 0 Å². The van der Waals surface area contributed by atoms with Crippen molar-refractivity contribution in [2.24, 2.45) is 0 Å². The number of H-pyrrole nitrogens is 1. The van der Waals surface area contributed by atoms with Crippen molar-refractivity contribution in [2.45, 2.75) is 57.8 Å². The second-order valence-corrected chi connectivity index (χ2v) is 6.19. The fraction of sp³-hybridized carbons (Fsp3) is 0.529. The molecule has 2 N–H and O–H groups in total. The van der Waals surface area contributed by atoms with E-state index in [1.165, 1.54) is 19.3 Å². The molecule has 2 aromatic rings. The van der Waals surface area contributed by atoms with E-state index < -0.39 is 6.10 Å². The molecule has 0 bridgehead atoms. The van der Waals surface area contributed by atoms with E-state index >= 15 is 0 Å². The minimum atomic E-state index is -0.410. The van der Waals surface area contributed by atoms with E-state index in [-0.39, 0.29) is 12.0 Å². The summed E-state index contributed by atoms with van der Waals surface area (Å²) < 4.78 is 5.87. The molecule has 1 aromatic carbocycles. The SMILES string of the molecule is C[C@@H](OC1CCCCC1)C(=O)NCc1ccc(-c2nn[nH]n2)cc1. The van der Waals surface area contributed by atoms with Crippen LogP contribution in [-0.4, -0.2) is 38.7 Å². The van der Waals surface area contributed by atoms with Crippen LogP contribution in [0, 0.1) is 0 Å². The molecule has 1 aliphatic carbocycles. The second-order valence-electron chi connectivity index (χ2n) is 6.19. The molecule has 0 radical (unpaired) electrons. The molecule has 1 aliphatic rings. The number of hydrogen-bond acceptors (Lipinski definition) is 5. The Morgan fingerprint density at radius 3 is 2.71 bits per heavy atom. The monoisotopic (exact) mass is 329 g/mol. The third-order valence-electron chi connectivity index (χ3n) is 4.34. The first-order valence-corrected chi connectivity index (χ1v) is 8.48. The standard InChI is InChI=1S/C17H23N5O2/c1-12(24-15-5-3-2-4-6-15)17(23)18-11-13-7-9-14(10-8-13)16-19-21-22-20-16/h7-10,12,15H,2-6,11H2,1H3,(H,18,23)(H,19,20,21,22)/t12-/m1/s1. The van der Waals surface area contributed by atoms with Crippen molar-refractivity contribution in [3.05, 3.63) is 29.8 Å². The van der Waals surface area contributed by atoms with Crippen LogP contribution in [0.5, 0.6) is 0 Å². The number of benzene rings is 1. The van der Waals surface area contributed by atoms with Crippen LogP contribution in [0.1, 0.15) is 44.6 Å². The van der Waals surface area contributed by atoms with Crippen LogP contribution in [0.4, 0.5) is 0 Å². The smallest absolute Gasteiger partial charge is 0.249 e. The quantitative estimate of drug-likeness (QED) is 0.847. The zero-order valence-electron chi connectivity index (χ0n) is 13.9. The summed E-state index contributed by atoms with van der Waals surface area (Å²) in [7, 11) is 0. The molecule has 0 unspecified atom stereocenters. The first-order chi connectivity index (χ1) is 11.7. The molecular weight excluding hydrogens is 306 g/mol. The second kappa shape index (κ2) is 8.01. The molecule has 1 saturated carbocycles. The number of nitrogens with one attached hydrogen (secondary N) is 2.